The molecular weight excluding hydrogens is 393 g/mol. The van der Waals surface area contributed by atoms with Crippen LogP contribution in [0, 0.1) is 0 Å². The van der Waals surface area contributed by atoms with Crippen LogP contribution in [0.1, 0.15) is 15.9 Å². The van der Waals surface area contributed by atoms with Crippen LogP contribution >= 0.6 is 11.3 Å². The fraction of sp³-hybridized carbons (Fsp3) is 0.263. The van der Waals surface area contributed by atoms with Crippen LogP contribution in [0.25, 0.3) is 10.2 Å². The Bertz CT molecular complexity index is 1070. The molecule has 0 aliphatic carbocycles. The summed E-state index contributed by atoms with van der Waals surface area (Å²) in [6, 6.07) is 9.69. The smallest absolute Gasteiger partial charge is 0.416 e. The van der Waals surface area contributed by atoms with Gasteiger partial charge in [0.2, 0.25) is 0 Å². The Morgan fingerprint density at radius 3 is 2.61 bits per heavy atom. The lowest BCUT2D eigenvalue weighted by Gasteiger charge is -2.08. The van der Waals surface area contributed by atoms with Crippen molar-refractivity contribution >= 4 is 27.5 Å². The zero-order valence-corrected chi connectivity index (χ0v) is 15.9. The quantitative estimate of drug-likeness (QED) is 0.636. The van der Waals surface area contributed by atoms with Crippen LogP contribution in [0.4, 0.5) is 13.2 Å². The average molecular weight is 410 g/mol. The largest absolute Gasteiger partial charge is 0.495 e. The number of amides is 1. The molecule has 9 heteroatoms. The molecule has 28 heavy (non-hydrogen) atoms. The predicted molar refractivity (Wildman–Crippen MR) is 99.6 cm³/mol. The van der Waals surface area contributed by atoms with Gasteiger partial charge in [-0.25, -0.2) is 0 Å². The molecule has 0 fully saturated rings. The van der Waals surface area contributed by atoms with Crippen molar-refractivity contribution in [2.45, 2.75) is 12.7 Å². The number of fused-ring (bicyclic) bond motifs is 1. The standard InChI is InChI=1S/C19H17F3N2O3S/c1-26-10-9-24-16-14(27-2)7-4-8-15(16)28-18(24)23-17(25)12-5-3-6-13(11-12)19(20,21)22/h3-8,11H,9-10H2,1-2H3. The maximum atomic E-state index is 12.9. The van der Waals surface area contributed by atoms with Crippen LogP contribution in [0.2, 0.25) is 0 Å². The lowest BCUT2D eigenvalue weighted by molar-refractivity contribution is -0.137. The van der Waals surface area contributed by atoms with E-state index in [0.29, 0.717) is 23.7 Å². The van der Waals surface area contributed by atoms with Gasteiger partial charge in [0.1, 0.15) is 11.3 Å². The van der Waals surface area contributed by atoms with Gasteiger partial charge in [0.15, 0.2) is 4.80 Å². The SMILES string of the molecule is COCCn1c(=NC(=O)c2cccc(C(F)(F)F)c2)sc2cccc(OC)c21. The number of aromatic nitrogens is 1. The predicted octanol–water partition coefficient (Wildman–Crippen LogP) is 4.12. The minimum absolute atomic E-state index is 0.127. The second-order valence-electron chi connectivity index (χ2n) is 5.83. The van der Waals surface area contributed by atoms with Gasteiger partial charge in [-0.2, -0.15) is 18.2 Å². The monoisotopic (exact) mass is 410 g/mol. The molecule has 1 aromatic heterocycles. The van der Waals surface area contributed by atoms with Crippen molar-refractivity contribution < 1.29 is 27.4 Å². The zero-order valence-electron chi connectivity index (χ0n) is 15.1. The molecule has 5 nitrogen and oxygen atoms in total. The summed E-state index contributed by atoms with van der Waals surface area (Å²) in [5.74, 6) is -0.138. The summed E-state index contributed by atoms with van der Waals surface area (Å²) in [7, 11) is 3.09. The summed E-state index contributed by atoms with van der Waals surface area (Å²) in [4.78, 5) is 17.0. The molecular formula is C19H17F3N2O3S. The van der Waals surface area contributed by atoms with Gasteiger partial charge in [-0.3, -0.25) is 4.79 Å². The molecule has 3 rings (SSSR count). The van der Waals surface area contributed by atoms with Gasteiger partial charge in [0.25, 0.3) is 5.91 Å². The van der Waals surface area contributed by atoms with Crippen LogP contribution in [-0.2, 0) is 17.5 Å². The first-order chi connectivity index (χ1) is 13.3. The van der Waals surface area contributed by atoms with E-state index in [-0.39, 0.29) is 5.56 Å². The number of alkyl halides is 3. The van der Waals surface area contributed by atoms with Gasteiger partial charge >= 0.3 is 6.18 Å². The van der Waals surface area contributed by atoms with Crippen LogP contribution < -0.4 is 9.54 Å². The van der Waals surface area contributed by atoms with Crippen molar-refractivity contribution in [1.82, 2.24) is 4.57 Å². The van der Waals surface area contributed by atoms with Gasteiger partial charge in [-0.15, -0.1) is 0 Å². The average Bonchev–Trinajstić information content (AvgIpc) is 3.02. The van der Waals surface area contributed by atoms with E-state index in [9.17, 15) is 18.0 Å². The van der Waals surface area contributed by atoms with Crippen molar-refractivity contribution in [3.05, 3.63) is 58.4 Å². The van der Waals surface area contributed by atoms with Gasteiger partial charge in [-0.1, -0.05) is 23.5 Å². The summed E-state index contributed by atoms with van der Waals surface area (Å²) >= 11 is 1.25. The van der Waals surface area contributed by atoms with Crippen molar-refractivity contribution in [3.63, 3.8) is 0 Å². The number of ether oxygens (including phenoxy) is 2. The molecule has 0 bridgehead atoms. The lowest BCUT2D eigenvalue weighted by atomic mass is 10.1. The molecule has 0 spiro atoms. The summed E-state index contributed by atoms with van der Waals surface area (Å²) in [5, 5.41) is 0. The number of nitrogens with zero attached hydrogens (tertiary/aromatic N) is 2. The van der Waals surface area contributed by atoms with E-state index in [2.05, 4.69) is 4.99 Å². The third kappa shape index (κ3) is 4.10. The Morgan fingerprint density at radius 2 is 1.93 bits per heavy atom. The van der Waals surface area contributed by atoms with Gasteiger partial charge < -0.3 is 14.0 Å². The van der Waals surface area contributed by atoms with E-state index < -0.39 is 17.6 Å². The second kappa shape index (κ2) is 8.15. The van der Waals surface area contributed by atoms with Crippen LogP contribution in [0.15, 0.2) is 47.5 Å². The molecule has 0 radical (unpaired) electrons. The number of para-hydroxylation sites is 1. The Hall–Kier alpha value is -2.65. The molecule has 0 aliphatic heterocycles. The van der Waals surface area contributed by atoms with E-state index in [1.54, 1.807) is 17.7 Å². The minimum Gasteiger partial charge on any atom is -0.495 e. The fourth-order valence-corrected chi connectivity index (χ4v) is 3.79. The van der Waals surface area contributed by atoms with E-state index in [1.165, 1.54) is 30.6 Å². The number of hydrogen-bond acceptors (Lipinski definition) is 4. The highest BCUT2D eigenvalue weighted by atomic mass is 32.1. The molecule has 0 saturated carbocycles. The maximum absolute atomic E-state index is 12.9. The number of carbonyl (C=O) groups excluding carboxylic acids is 1. The van der Waals surface area contributed by atoms with Gasteiger partial charge in [0, 0.05) is 19.2 Å². The summed E-state index contributed by atoms with van der Waals surface area (Å²) < 4.78 is 51.9. The molecule has 0 atom stereocenters. The summed E-state index contributed by atoms with van der Waals surface area (Å²) in [6.45, 7) is 0.778. The van der Waals surface area contributed by atoms with Gasteiger partial charge in [0.05, 0.1) is 24.0 Å². The minimum atomic E-state index is -4.53. The normalized spacial score (nSPS) is 12.5. The third-order valence-electron chi connectivity index (χ3n) is 4.04. The number of rotatable bonds is 5. The molecule has 3 aromatic rings. The number of thiazole rings is 1. The van der Waals surface area contributed by atoms with Gasteiger partial charge in [-0.05, 0) is 30.3 Å². The molecule has 0 N–H and O–H groups in total. The topological polar surface area (TPSA) is 52.8 Å². The first-order valence-corrected chi connectivity index (χ1v) is 9.08. The number of hydrogen-bond donors (Lipinski definition) is 0. The molecule has 148 valence electrons. The summed E-state index contributed by atoms with van der Waals surface area (Å²) in [5.41, 5.74) is -0.265. The Kier molecular flexibility index (Phi) is 5.85. The second-order valence-corrected chi connectivity index (χ2v) is 6.84. The first kappa shape index (κ1) is 20.1. The van der Waals surface area contributed by atoms with Crippen LogP contribution in [-0.4, -0.2) is 31.3 Å². The van der Waals surface area contributed by atoms with E-state index in [0.717, 1.165) is 22.3 Å². The van der Waals surface area contributed by atoms with E-state index >= 15 is 0 Å². The van der Waals surface area contributed by atoms with E-state index in [1.807, 2.05) is 12.1 Å². The maximum Gasteiger partial charge on any atom is 0.416 e. The molecule has 2 aromatic carbocycles. The molecule has 1 heterocycles. The van der Waals surface area contributed by atoms with Crippen LogP contribution in [0.5, 0.6) is 5.75 Å². The Morgan fingerprint density at radius 1 is 1.18 bits per heavy atom. The van der Waals surface area contributed by atoms with Crippen molar-refractivity contribution in [2.75, 3.05) is 20.8 Å². The number of methoxy groups -OCH3 is 2. The number of benzene rings is 2. The van der Waals surface area contributed by atoms with Crippen LogP contribution in [0.3, 0.4) is 0 Å². The number of halogens is 3. The zero-order chi connectivity index (χ0) is 20.3. The van der Waals surface area contributed by atoms with Crippen molar-refractivity contribution in [2.24, 2.45) is 4.99 Å². The molecule has 0 unspecified atom stereocenters. The van der Waals surface area contributed by atoms with Crippen molar-refractivity contribution in [3.8, 4) is 5.75 Å². The molecule has 0 saturated heterocycles. The third-order valence-corrected chi connectivity index (χ3v) is 5.08. The first-order valence-electron chi connectivity index (χ1n) is 8.26. The van der Waals surface area contributed by atoms with Crippen molar-refractivity contribution in [1.29, 1.82) is 0 Å². The highest BCUT2D eigenvalue weighted by molar-refractivity contribution is 7.16. The lowest BCUT2D eigenvalue weighted by Crippen LogP contribution is -2.19. The highest BCUT2D eigenvalue weighted by Crippen LogP contribution is 2.30. The number of carbonyl (C=O) groups is 1. The molecule has 0 aliphatic rings. The fourth-order valence-electron chi connectivity index (χ4n) is 2.72. The Labute approximate surface area is 162 Å². The summed E-state index contributed by atoms with van der Waals surface area (Å²) in [6.07, 6.45) is -4.53. The molecule has 1 amide bonds. The highest BCUT2D eigenvalue weighted by Gasteiger charge is 2.30. The Balaban J connectivity index is 2.12. The van der Waals surface area contributed by atoms with E-state index in [4.69, 9.17) is 9.47 Å².